The molecule has 0 radical (unpaired) electrons. The van der Waals surface area contributed by atoms with E-state index in [2.05, 4.69) is 20.0 Å². The van der Waals surface area contributed by atoms with Crippen molar-refractivity contribution in [2.24, 2.45) is 0 Å². The van der Waals surface area contributed by atoms with E-state index in [1.54, 1.807) is 10.9 Å². The van der Waals surface area contributed by atoms with Gasteiger partial charge in [0.25, 0.3) is 5.91 Å². The molecule has 0 spiro atoms. The SMILES string of the molecule is COC(=O)CNC(=O)c1cnc(N)c2ncn(CCCCl)c12. The largest absolute Gasteiger partial charge is 0.468 e. The first-order valence-electron chi connectivity index (χ1n) is 6.58. The third kappa shape index (κ3) is 3.28. The molecule has 0 bridgehead atoms. The van der Waals surface area contributed by atoms with Crippen LogP contribution in [0.1, 0.15) is 16.8 Å². The Bertz CT molecular complexity index is 700. The molecule has 22 heavy (non-hydrogen) atoms. The Hall–Kier alpha value is -2.35. The number of rotatable bonds is 6. The van der Waals surface area contributed by atoms with Crippen LogP contribution in [-0.4, -0.2) is 45.9 Å². The fraction of sp³-hybridized carbons (Fsp3) is 0.385. The predicted molar refractivity (Wildman–Crippen MR) is 81.6 cm³/mol. The van der Waals surface area contributed by atoms with Crippen molar-refractivity contribution in [1.29, 1.82) is 0 Å². The van der Waals surface area contributed by atoms with Crippen molar-refractivity contribution >= 4 is 40.3 Å². The number of amides is 1. The number of nitrogens with two attached hydrogens (primary N) is 1. The van der Waals surface area contributed by atoms with Gasteiger partial charge in [-0.15, -0.1) is 11.6 Å². The van der Waals surface area contributed by atoms with Gasteiger partial charge in [-0.05, 0) is 6.42 Å². The van der Waals surface area contributed by atoms with Crippen LogP contribution in [0.25, 0.3) is 11.0 Å². The van der Waals surface area contributed by atoms with E-state index >= 15 is 0 Å². The summed E-state index contributed by atoms with van der Waals surface area (Å²) < 4.78 is 6.28. The van der Waals surface area contributed by atoms with Crippen LogP contribution in [0.2, 0.25) is 0 Å². The van der Waals surface area contributed by atoms with Crippen LogP contribution in [0.15, 0.2) is 12.5 Å². The van der Waals surface area contributed by atoms with E-state index in [0.717, 1.165) is 6.42 Å². The van der Waals surface area contributed by atoms with Crippen molar-refractivity contribution in [3.8, 4) is 0 Å². The van der Waals surface area contributed by atoms with Crippen LogP contribution in [0.3, 0.4) is 0 Å². The molecule has 0 unspecified atom stereocenters. The number of pyridine rings is 1. The van der Waals surface area contributed by atoms with Crippen LogP contribution in [-0.2, 0) is 16.1 Å². The number of nitrogens with one attached hydrogen (secondary N) is 1. The second-order valence-electron chi connectivity index (χ2n) is 4.49. The second kappa shape index (κ2) is 7.08. The number of anilines is 1. The molecular weight excluding hydrogens is 310 g/mol. The lowest BCUT2D eigenvalue weighted by atomic mass is 10.2. The number of nitrogens with zero attached hydrogens (tertiary/aromatic N) is 3. The van der Waals surface area contributed by atoms with Crippen LogP contribution in [0.5, 0.6) is 0 Å². The molecule has 0 fully saturated rings. The summed E-state index contributed by atoms with van der Waals surface area (Å²) in [4.78, 5) is 31.5. The summed E-state index contributed by atoms with van der Waals surface area (Å²) in [5.41, 5.74) is 7.10. The van der Waals surface area contributed by atoms with Crippen molar-refractivity contribution in [3.05, 3.63) is 18.1 Å². The Labute approximate surface area is 131 Å². The van der Waals surface area contributed by atoms with Gasteiger partial charge in [0, 0.05) is 18.6 Å². The number of hydrogen-bond donors (Lipinski definition) is 2. The van der Waals surface area contributed by atoms with Crippen molar-refractivity contribution in [2.75, 3.05) is 25.3 Å². The van der Waals surface area contributed by atoms with Crippen molar-refractivity contribution in [1.82, 2.24) is 19.9 Å². The molecule has 0 saturated heterocycles. The molecule has 0 aliphatic carbocycles. The number of aryl methyl sites for hydroxylation is 1. The van der Waals surface area contributed by atoms with Gasteiger partial charge in [-0.2, -0.15) is 0 Å². The second-order valence-corrected chi connectivity index (χ2v) is 4.87. The number of halogens is 1. The minimum absolute atomic E-state index is 0.225. The average molecular weight is 326 g/mol. The molecular formula is C13H16ClN5O3. The van der Waals surface area contributed by atoms with Gasteiger partial charge in [-0.25, -0.2) is 9.97 Å². The first-order chi connectivity index (χ1) is 10.6. The van der Waals surface area contributed by atoms with Crippen LogP contribution in [0.4, 0.5) is 5.82 Å². The smallest absolute Gasteiger partial charge is 0.325 e. The zero-order chi connectivity index (χ0) is 16.1. The zero-order valence-electron chi connectivity index (χ0n) is 12.0. The topological polar surface area (TPSA) is 112 Å². The highest BCUT2D eigenvalue weighted by Crippen LogP contribution is 2.22. The van der Waals surface area contributed by atoms with E-state index in [0.29, 0.717) is 29.0 Å². The van der Waals surface area contributed by atoms with Gasteiger partial charge in [0.2, 0.25) is 0 Å². The number of nitrogen functional groups attached to an aromatic ring is 1. The lowest BCUT2D eigenvalue weighted by Gasteiger charge is -2.09. The first kappa shape index (κ1) is 16.0. The molecule has 1 amide bonds. The molecule has 8 nitrogen and oxygen atoms in total. The molecule has 2 aromatic heterocycles. The Balaban J connectivity index is 2.35. The Morgan fingerprint density at radius 1 is 1.45 bits per heavy atom. The van der Waals surface area contributed by atoms with Crippen LogP contribution < -0.4 is 11.1 Å². The average Bonchev–Trinajstić information content (AvgIpc) is 2.95. The summed E-state index contributed by atoms with van der Waals surface area (Å²) in [5.74, 6) is -0.257. The molecule has 0 aliphatic heterocycles. The molecule has 0 saturated carbocycles. The maximum atomic E-state index is 12.2. The number of carbonyl (C=O) groups is 2. The van der Waals surface area contributed by atoms with Gasteiger partial charge in [0.1, 0.15) is 12.1 Å². The van der Waals surface area contributed by atoms with Crippen molar-refractivity contribution < 1.29 is 14.3 Å². The highest BCUT2D eigenvalue weighted by molar-refractivity contribution is 6.17. The van der Waals surface area contributed by atoms with Gasteiger partial charge in [-0.1, -0.05) is 0 Å². The minimum Gasteiger partial charge on any atom is -0.468 e. The molecule has 2 heterocycles. The molecule has 2 rings (SSSR count). The van der Waals surface area contributed by atoms with E-state index in [4.69, 9.17) is 17.3 Å². The third-order valence-electron chi connectivity index (χ3n) is 3.07. The molecule has 3 N–H and O–H groups in total. The number of fused-ring (bicyclic) bond motifs is 1. The lowest BCUT2D eigenvalue weighted by molar-refractivity contribution is -0.139. The summed E-state index contributed by atoms with van der Waals surface area (Å²) in [6.07, 6.45) is 3.67. The predicted octanol–water partition coefficient (Wildman–Crippen LogP) is 0.545. The van der Waals surface area contributed by atoms with E-state index in [9.17, 15) is 9.59 Å². The highest BCUT2D eigenvalue weighted by atomic mass is 35.5. The Morgan fingerprint density at radius 2 is 2.23 bits per heavy atom. The maximum absolute atomic E-state index is 12.2. The highest BCUT2D eigenvalue weighted by Gasteiger charge is 2.18. The quantitative estimate of drug-likeness (QED) is 0.592. The third-order valence-corrected chi connectivity index (χ3v) is 3.33. The first-order valence-corrected chi connectivity index (χ1v) is 7.12. The molecule has 0 aromatic carbocycles. The fourth-order valence-electron chi connectivity index (χ4n) is 1.99. The minimum atomic E-state index is -0.538. The van der Waals surface area contributed by atoms with Gasteiger partial charge in [0.05, 0.1) is 24.5 Å². The number of aromatic nitrogens is 3. The normalized spacial score (nSPS) is 10.6. The Kier molecular flexibility index (Phi) is 5.16. The standard InChI is InChI=1S/C13H16ClN5O3/c1-22-9(20)6-17-13(21)8-5-16-12(15)10-11(8)19(7-18-10)4-2-3-14/h5,7H,2-4,6H2,1H3,(H2,15,16)(H,17,21). The van der Waals surface area contributed by atoms with Crippen LogP contribution in [0, 0.1) is 0 Å². The summed E-state index contributed by atoms with van der Waals surface area (Å²) in [6, 6.07) is 0. The van der Waals surface area contributed by atoms with E-state index in [1.165, 1.54) is 13.3 Å². The number of esters is 1. The number of hydrogen-bond acceptors (Lipinski definition) is 6. The lowest BCUT2D eigenvalue weighted by Crippen LogP contribution is -2.30. The van der Waals surface area contributed by atoms with Crippen molar-refractivity contribution in [2.45, 2.75) is 13.0 Å². The van der Waals surface area contributed by atoms with E-state index in [-0.39, 0.29) is 12.4 Å². The van der Waals surface area contributed by atoms with Gasteiger partial charge < -0.3 is 20.4 Å². The molecule has 118 valence electrons. The molecule has 9 heteroatoms. The monoisotopic (exact) mass is 325 g/mol. The van der Waals surface area contributed by atoms with Gasteiger partial charge in [-0.3, -0.25) is 9.59 Å². The van der Waals surface area contributed by atoms with E-state index < -0.39 is 11.9 Å². The van der Waals surface area contributed by atoms with Gasteiger partial charge in [0.15, 0.2) is 5.82 Å². The molecule has 0 atom stereocenters. The summed E-state index contributed by atoms with van der Waals surface area (Å²) in [5, 5.41) is 2.47. The maximum Gasteiger partial charge on any atom is 0.325 e. The fourth-order valence-corrected chi connectivity index (χ4v) is 2.11. The number of carbonyl (C=O) groups excluding carboxylic acids is 2. The number of imidazole rings is 1. The summed E-state index contributed by atoms with van der Waals surface area (Å²) >= 11 is 5.70. The van der Waals surface area contributed by atoms with Gasteiger partial charge >= 0.3 is 5.97 Å². The number of ether oxygens (including phenoxy) is 1. The number of alkyl halides is 1. The zero-order valence-corrected chi connectivity index (χ0v) is 12.8. The molecule has 2 aromatic rings. The summed E-state index contributed by atoms with van der Waals surface area (Å²) in [7, 11) is 1.25. The molecule has 0 aliphatic rings. The Morgan fingerprint density at radius 3 is 2.91 bits per heavy atom. The van der Waals surface area contributed by atoms with Crippen molar-refractivity contribution in [3.63, 3.8) is 0 Å². The van der Waals surface area contributed by atoms with E-state index in [1.807, 2.05) is 0 Å². The number of methoxy groups -OCH3 is 1. The van der Waals surface area contributed by atoms with Crippen LogP contribution >= 0.6 is 11.6 Å². The summed E-state index contributed by atoms with van der Waals surface area (Å²) in [6.45, 7) is 0.373.